The van der Waals surface area contributed by atoms with Crippen LogP contribution >= 0.6 is 0 Å². The van der Waals surface area contributed by atoms with Gasteiger partial charge in [-0.2, -0.15) is 0 Å². The largest absolute Gasteiger partial charge is 0.357 e. The van der Waals surface area contributed by atoms with Crippen LogP contribution in [0.4, 0.5) is 0 Å². The van der Waals surface area contributed by atoms with Crippen molar-refractivity contribution in [3.05, 3.63) is 0 Å². The number of hydrogen-bond acceptors (Lipinski definition) is 3. The highest BCUT2D eigenvalue weighted by Gasteiger charge is 2.28. The van der Waals surface area contributed by atoms with Crippen molar-refractivity contribution in [2.45, 2.75) is 58.4 Å². The molecule has 3 atom stereocenters. The fraction of sp³-hybridized carbons (Fsp3) is 0.938. The zero-order valence-electron chi connectivity index (χ0n) is 14.0. The first-order valence-corrected chi connectivity index (χ1v) is 10.6. The van der Waals surface area contributed by atoms with Gasteiger partial charge in [-0.05, 0) is 38.0 Å². The molecule has 0 aromatic carbocycles. The molecule has 0 bridgehead atoms. The Labute approximate surface area is 135 Å². The zero-order valence-corrected chi connectivity index (χ0v) is 14.8. The quantitative estimate of drug-likeness (QED) is 0.597. The molecule has 128 valence electrons. The van der Waals surface area contributed by atoms with Crippen LogP contribution in [0.15, 0.2) is 4.99 Å². The molecule has 0 radical (unpaired) electrons. The number of aliphatic imine (C=N–C) groups is 1. The van der Waals surface area contributed by atoms with Crippen molar-refractivity contribution in [2.75, 3.05) is 24.6 Å². The molecule has 2 aliphatic rings. The summed E-state index contributed by atoms with van der Waals surface area (Å²) >= 11 is 0. The summed E-state index contributed by atoms with van der Waals surface area (Å²) in [6.45, 7) is 6.00. The van der Waals surface area contributed by atoms with E-state index >= 15 is 0 Å². The van der Waals surface area contributed by atoms with Crippen molar-refractivity contribution >= 4 is 15.8 Å². The van der Waals surface area contributed by atoms with Crippen LogP contribution in [0.5, 0.6) is 0 Å². The second-order valence-electron chi connectivity index (χ2n) is 6.93. The lowest BCUT2D eigenvalue weighted by atomic mass is 9.81. The van der Waals surface area contributed by atoms with Crippen molar-refractivity contribution in [2.24, 2.45) is 16.8 Å². The van der Waals surface area contributed by atoms with E-state index in [0.29, 0.717) is 12.2 Å². The standard InChI is InChI=1S/C16H31N3O2S/c1-3-17-16(19-15-8-10-22(20,21)12-15)18-9-7-14-6-4-5-13(2)11-14/h13-15H,3-12H2,1-2H3,(H2,17,18,19). The van der Waals surface area contributed by atoms with Gasteiger partial charge in [-0.1, -0.05) is 26.2 Å². The molecule has 22 heavy (non-hydrogen) atoms. The predicted octanol–water partition coefficient (Wildman–Crippen LogP) is 1.95. The minimum atomic E-state index is -2.85. The summed E-state index contributed by atoms with van der Waals surface area (Å²) in [6, 6.07) is 0.0116. The van der Waals surface area contributed by atoms with Gasteiger partial charge in [0, 0.05) is 19.1 Å². The summed E-state index contributed by atoms with van der Waals surface area (Å²) in [4.78, 5) is 4.64. The maximum atomic E-state index is 11.5. The van der Waals surface area contributed by atoms with Gasteiger partial charge in [0.15, 0.2) is 15.8 Å². The van der Waals surface area contributed by atoms with Gasteiger partial charge >= 0.3 is 0 Å². The van der Waals surface area contributed by atoms with Crippen molar-refractivity contribution < 1.29 is 8.42 Å². The predicted molar refractivity (Wildman–Crippen MR) is 91.9 cm³/mol. The number of hydrogen-bond donors (Lipinski definition) is 2. The highest BCUT2D eigenvalue weighted by Crippen LogP contribution is 2.30. The van der Waals surface area contributed by atoms with Crippen LogP contribution < -0.4 is 10.6 Å². The van der Waals surface area contributed by atoms with Crippen molar-refractivity contribution in [3.63, 3.8) is 0 Å². The Kier molecular flexibility index (Phi) is 6.53. The molecule has 2 rings (SSSR count). The smallest absolute Gasteiger partial charge is 0.191 e. The van der Waals surface area contributed by atoms with Crippen LogP contribution in [0.3, 0.4) is 0 Å². The van der Waals surface area contributed by atoms with Crippen LogP contribution in [0.2, 0.25) is 0 Å². The SMILES string of the molecule is CCNC(=NCCC1CCCC(C)C1)NC1CCS(=O)(=O)C1. The first-order valence-electron chi connectivity index (χ1n) is 8.73. The summed E-state index contributed by atoms with van der Waals surface area (Å²) in [5, 5.41) is 6.51. The molecule has 1 aliphatic carbocycles. The van der Waals surface area contributed by atoms with Crippen molar-refractivity contribution in [3.8, 4) is 0 Å². The molecule has 2 N–H and O–H groups in total. The molecule has 0 aromatic heterocycles. The Balaban J connectivity index is 1.79. The van der Waals surface area contributed by atoms with Crippen LogP contribution in [0.1, 0.15) is 52.4 Å². The third-order valence-corrected chi connectivity index (χ3v) is 6.54. The number of nitrogens with one attached hydrogen (secondary N) is 2. The normalized spacial score (nSPS) is 31.9. The van der Waals surface area contributed by atoms with E-state index < -0.39 is 9.84 Å². The van der Waals surface area contributed by atoms with E-state index in [4.69, 9.17) is 0 Å². The monoisotopic (exact) mass is 329 g/mol. The van der Waals surface area contributed by atoms with Gasteiger partial charge in [-0.15, -0.1) is 0 Å². The molecular weight excluding hydrogens is 298 g/mol. The Morgan fingerprint density at radius 1 is 1.27 bits per heavy atom. The molecule has 1 saturated heterocycles. The second-order valence-corrected chi connectivity index (χ2v) is 9.16. The van der Waals surface area contributed by atoms with Gasteiger partial charge in [0.05, 0.1) is 11.5 Å². The van der Waals surface area contributed by atoms with E-state index in [1.165, 1.54) is 25.7 Å². The fourth-order valence-electron chi connectivity index (χ4n) is 3.60. The fourth-order valence-corrected chi connectivity index (χ4v) is 5.28. The average molecular weight is 330 g/mol. The van der Waals surface area contributed by atoms with E-state index in [1.807, 2.05) is 6.92 Å². The minimum absolute atomic E-state index is 0.0116. The third-order valence-electron chi connectivity index (χ3n) is 4.77. The van der Waals surface area contributed by atoms with Gasteiger partial charge < -0.3 is 10.6 Å². The highest BCUT2D eigenvalue weighted by molar-refractivity contribution is 7.91. The van der Waals surface area contributed by atoms with E-state index in [1.54, 1.807) is 0 Å². The van der Waals surface area contributed by atoms with Gasteiger partial charge in [0.2, 0.25) is 0 Å². The Bertz CT molecular complexity index is 476. The number of rotatable bonds is 5. The Morgan fingerprint density at radius 2 is 2.09 bits per heavy atom. The summed E-state index contributed by atoms with van der Waals surface area (Å²) in [5.41, 5.74) is 0. The molecule has 3 unspecified atom stereocenters. The van der Waals surface area contributed by atoms with Crippen LogP contribution in [-0.2, 0) is 9.84 Å². The second kappa shape index (κ2) is 8.18. The number of sulfone groups is 1. The van der Waals surface area contributed by atoms with Crippen molar-refractivity contribution in [1.29, 1.82) is 0 Å². The molecule has 0 amide bonds. The summed E-state index contributed by atoms with van der Waals surface area (Å²) in [7, 11) is -2.85. The van der Waals surface area contributed by atoms with E-state index in [0.717, 1.165) is 37.3 Å². The molecule has 1 saturated carbocycles. The summed E-state index contributed by atoms with van der Waals surface area (Å²) in [6.07, 6.45) is 7.23. The number of guanidine groups is 1. The summed E-state index contributed by atoms with van der Waals surface area (Å²) < 4.78 is 23.1. The molecule has 6 heteroatoms. The molecule has 5 nitrogen and oxygen atoms in total. The van der Waals surface area contributed by atoms with E-state index in [2.05, 4.69) is 22.5 Å². The molecular formula is C16H31N3O2S. The first-order chi connectivity index (χ1) is 10.5. The highest BCUT2D eigenvalue weighted by atomic mass is 32.2. The third kappa shape index (κ3) is 5.78. The summed E-state index contributed by atoms with van der Waals surface area (Å²) in [5.74, 6) is 2.97. The van der Waals surface area contributed by atoms with Gasteiger partial charge in [-0.25, -0.2) is 8.42 Å². The average Bonchev–Trinajstić information content (AvgIpc) is 2.78. The van der Waals surface area contributed by atoms with Gasteiger partial charge in [0.25, 0.3) is 0 Å². The maximum absolute atomic E-state index is 11.5. The van der Waals surface area contributed by atoms with Crippen LogP contribution in [-0.4, -0.2) is 45.0 Å². The van der Waals surface area contributed by atoms with Crippen LogP contribution in [0, 0.1) is 11.8 Å². The van der Waals surface area contributed by atoms with Gasteiger partial charge in [-0.3, -0.25) is 4.99 Å². The molecule has 1 aliphatic heterocycles. The lowest BCUT2D eigenvalue weighted by molar-refractivity contribution is 0.272. The Morgan fingerprint density at radius 3 is 2.73 bits per heavy atom. The van der Waals surface area contributed by atoms with Crippen molar-refractivity contribution in [1.82, 2.24) is 10.6 Å². The molecule has 0 aromatic rings. The van der Waals surface area contributed by atoms with Crippen LogP contribution in [0.25, 0.3) is 0 Å². The molecule has 1 heterocycles. The lowest BCUT2D eigenvalue weighted by Gasteiger charge is -2.26. The van der Waals surface area contributed by atoms with E-state index in [9.17, 15) is 8.42 Å². The maximum Gasteiger partial charge on any atom is 0.191 e. The number of nitrogens with zero attached hydrogens (tertiary/aromatic N) is 1. The molecule has 0 spiro atoms. The minimum Gasteiger partial charge on any atom is -0.357 e. The van der Waals surface area contributed by atoms with E-state index in [-0.39, 0.29) is 11.8 Å². The van der Waals surface area contributed by atoms with Gasteiger partial charge in [0.1, 0.15) is 0 Å². The lowest BCUT2D eigenvalue weighted by Crippen LogP contribution is -2.44. The first kappa shape index (κ1) is 17.6. The topological polar surface area (TPSA) is 70.6 Å². The zero-order chi connectivity index (χ0) is 16.0. The Hall–Kier alpha value is -0.780. The molecule has 2 fully saturated rings.